The maximum Gasteiger partial charge on any atom is 0.241 e. The van der Waals surface area contributed by atoms with Crippen molar-refractivity contribution in [1.82, 2.24) is 14.7 Å². The number of piperidine rings is 1. The fourth-order valence-electron chi connectivity index (χ4n) is 3.75. The lowest BCUT2D eigenvalue weighted by Gasteiger charge is -2.39. The smallest absolute Gasteiger partial charge is 0.241 e. The normalized spacial score (nSPS) is 24.1. The lowest BCUT2D eigenvalue weighted by Crippen LogP contribution is -2.54. The Morgan fingerprint density at radius 2 is 1.92 bits per heavy atom. The van der Waals surface area contributed by atoms with Crippen LogP contribution in [-0.2, 0) is 16.1 Å². The number of likely N-dealkylation sites (tertiary alicyclic amines) is 2. The number of hydrogen-bond acceptors (Lipinski definition) is 3. The van der Waals surface area contributed by atoms with Crippen molar-refractivity contribution in [3.8, 4) is 0 Å². The molecule has 0 spiro atoms. The third-order valence-corrected chi connectivity index (χ3v) is 5.10. The highest BCUT2D eigenvalue weighted by molar-refractivity contribution is 5.85. The molecule has 2 atom stereocenters. The SMILES string of the molecule is CN(C)C(=O)CN1C(=O)CC[C@@H]2[C@H]1CCN2Cc1ccc(F)cc1. The summed E-state index contributed by atoms with van der Waals surface area (Å²) in [6.45, 7) is 1.81. The van der Waals surface area contributed by atoms with Gasteiger partial charge in [0.1, 0.15) is 12.4 Å². The first kappa shape index (κ1) is 16.9. The molecule has 0 saturated carbocycles. The van der Waals surface area contributed by atoms with Crippen molar-refractivity contribution >= 4 is 11.8 Å². The van der Waals surface area contributed by atoms with E-state index < -0.39 is 0 Å². The molecule has 0 bridgehead atoms. The summed E-state index contributed by atoms with van der Waals surface area (Å²) in [6, 6.07) is 6.97. The summed E-state index contributed by atoms with van der Waals surface area (Å²) in [5, 5.41) is 0. The third-order valence-electron chi connectivity index (χ3n) is 5.10. The van der Waals surface area contributed by atoms with Gasteiger partial charge in [-0.15, -0.1) is 0 Å². The van der Waals surface area contributed by atoms with E-state index >= 15 is 0 Å². The van der Waals surface area contributed by atoms with Crippen LogP contribution >= 0.6 is 0 Å². The van der Waals surface area contributed by atoms with Crippen LogP contribution < -0.4 is 0 Å². The van der Waals surface area contributed by atoms with Gasteiger partial charge < -0.3 is 9.80 Å². The van der Waals surface area contributed by atoms with Crippen molar-refractivity contribution in [2.45, 2.75) is 37.9 Å². The molecule has 2 aliphatic rings. The minimum Gasteiger partial charge on any atom is -0.347 e. The van der Waals surface area contributed by atoms with Crippen LogP contribution in [0.25, 0.3) is 0 Å². The predicted molar refractivity (Wildman–Crippen MR) is 88.6 cm³/mol. The minimum absolute atomic E-state index is 0.0408. The number of likely N-dealkylation sites (N-methyl/N-ethyl adjacent to an activating group) is 1. The number of rotatable bonds is 4. The Hall–Kier alpha value is -1.95. The molecule has 2 heterocycles. The second-order valence-electron chi connectivity index (χ2n) is 6.87. The van der Waals surface area contributed by atoms with Gasteiger partial charge >= 0.3 is 0 Å². The maximum atomic E-state index is 13.1. The second kappa shape index (κ2) is 6.89. The molecule has 2 amide bonds. The molecule has 1 aromatic rings. The average Bonchev–Trinajstić information content (AvgIpc) is 2.95. The highest BCUT2D eigenvalue weighted by Gasteiger charge is 2.43. The monoisotopic (exact) mass is 333 g/mol. The largest absolute Gasteiger partial charge is 0.347 e. The number of nitrogens with zero attached hydrogens (tertiary/aromatic N) is 3. The van der Waals surface area contributed by atoms with Crippen LogP contribution in [0.1, 0.15) is 24.8 Å². The number of fused-ring (bicyclic) bond motifs is 1. The van der Waals surface area contributed by atoms with E-state index in [1.165, 1.54) is 17.0 Å². The molecular weight excluding hydrogens is 309 g/mol. The summed E-state index contributed by atoms with van der Waals surface area (Å²) >= 11 is 0. The molecule has 0 aromatic heterocycles. The fourth-order valence-corrected chi connectivity index (χ4v) is 3.75. The van der Waals surface area contributed by atoms with E-state index in [4.69, 9.17) is 0 Å². The minimum atomic E-state index is -0.227. The molecule has 2 aliphatic heterocycles. The number of halogens is 1. The maximum absolute atomic E-state index is 13.1. The van der Waals surface area contributed by atoms with Crippen LogP contribution in [0, 0.1) is 5.82 Å². The van der Waals surface area contributed by atoms with E-state index in [-0.39, 0.29) is 36.3 Å². The number of benzene rings is 1. The lowest BCUT2D eigenvalue weighted by molar-refractivity contribution is -0.144. The molecular formula is C18H24FN3O2. The summed E-state index contributed by atoms with van der Waals surface area (Å²) in [5.74, 6) is -0.189. The van der Waals surface area contributed by atoms with Gasteiger partial charge in [0.25, 0.3) is 0 Å². The van der Waals surface area contributed by atoms with Crippen molar-refractivity contribution in [2.24, 2.45) is 0 Å². The van der Waals surface area contributed by atoms with Crippen LogP contribution in [0.15, 0.2) is 24.3 Å². The van der Waals surface area contributed by atoms with Crippen molar-refractivity contribution in [1.29, 1.82) is 0 Å². The Balaban J connectivity index is 1.69. The van der Waals surface area contributed by atoms with Gasteiger partial charge in [0, 0.05) is 45.7 Å². The van der Waals surface area contributed by atoms with Crippen LogP contribution in [0.2, 0.25) is 0 Å². The molecule has 5 nitrogen and oxygen atoms in total. The first-order valence-electron chi connectivity index (χ1n) is 8.44. The zero-order valence-electron chi connectivity index (χ0n) is 14.2. The molecule has 0 radical (unpaired) electrons. The Kier molecular flexibility index (Phi) is 4.85. The summed E-state index contributed by atoms with van der Waals surface area (Å²) < 4.78 is 13.1. The summed E-state index contributed by atoms with van der Waals surface area (Å²) in [5.41, 5.74) is 1.07. The molecule has 0 unspecified atom stereocenters. The van der Waals surface area contributed by atoms with Crippen molar-refractivity contribution in [3.63, 3.8) is 0 Å². The second-order valence-corrected chi connectivity index (χ2v) is 6.87. The zero-order chi connectivity index (χ0) is 17.3. The van der Waals surface area contributed by atoms with Crippen LogP contribution in [0.4, 0.5) is 4.39 Å². The highest BCUT2D eigenvalue weighted by atomic mass is 19.1. The number of amides is 2. The van der Waals surface area contributed by atoms with Gasteiger partial charge in [-0.1, -0.05) is 12.1 Å². The Morgan fingerprint density at radius 1 is 1.21 bits per heavy atom. The highest BCUT2D eigenvalue weighted by Crippen LogP contribution is 2.32. The van der Waals surface area contributed by atoms with E-state index in [0.29, 0.717) is 6.42 Å². The van der Waals surface area contributed by atoms with Crippen molar-refractivity contribution in [3.05, 3.63) is 35.6 Å². The summed E-state index contributed by atoms with van der Waals surface area (Å²) in [4.78, 5) is 30.0. The first-order valence-corrected chi connectivity index (χ1v) is 8.44. The van der Waals surface area contributed by atoms with Crippen LogP contribution in [-0.4, -0.2) is 65.8 Å². The fraction of sp³-hybridized carbons (Fsp3) is 0.556. The van der Waals surface area contributed by atoms with Gasteiger partial charge in [0.15, 0.2) is 0 Å². The van der Waals surface area contributed by atoms with Gasteiger partial charge in [-0.25, -0.2) is 4.39 Å². The standard InChI is InChI=1S/C18H24FN3O2/c1-20(2)18(24)12-22-16-9-10-21(15(16)7-8-17(22)23)11-13-3-5-14(19)6-4-13/h3-6,15-16H,7-12H2,1-2H3/t15-,16-/m1/s1. The van der Waals surface area contributed by atoms with E-state index in [0.717, 1.165) is 31.5 Å². The van der Waals surface area contributed by atoms with Gasteiger partial charge in [0.2, 0.25) is 11.8 Å². The quantitative estimate of drug-likeness (QED) is 0.838. The zero-order valence-corrected chi connectivity index (χ0v) is 14.2. The van der Waals surface area contributed by atoms with E-state index in [1.54, 1.807) is 19.0 Å². The van der Waals surface area contributed by atoms with E-state index in [1.807, 2.05) is 12.1 Å². The average molecular weight is 333 g/mol. The number of carbonyl (C=O) groups is 2. The summed E-state index contributed by atoms with van der Waals surface area (Å²) in [6.07, 6.45) is 2.21. The predicted octanol–water partition coefficient (Wildman–Crippen LogP) is 1.48. The molecule has 3 rings (SSSR count). The number of hydrogen-bond donors (Lipinski definition) is 0. The lowest BCUT2D eigenvalue weighted by atomic mass is 9.96. The molecule has 0 aliphatic carbocycles. The number of carbonyl (C=O) groups excluding carboxylic acids is 2. The third kappa shape index (κ3) is 3.43. The van der Waals surface area contributed by atoms with Crippen LogP contribution in [0.3, 0.4) is 0 Å². The van der Waals surface area contributed by atoms with Crippen molar-refractivity contribution < 1.29 is 14.0 Å². The van der Waals surface area contributed by atoms with Gasteiger partial charge in [-0.3, -0.25) is 14.5 Å². The van der Waals surface area contributed by atoms with E-state index in [2.05, 4.69) is 4.90 Å². The molecule has 130 valence electrons. The molecule has 2 fully saturated rings. The Labute approximate surface area is 142 Å². The molecule has 1 aromatic carbocycles. The Morgan fingerprint density at radius 3 is 2.58 bits per heavy atom. The summed E-state index contributed by atoms with van der Waals surface area (Å²) in [7, 11) is 3.42. The molecule has 0 N–H and O–H groups in total. The molecule has 24 heavy (non-hydrogen) atoms. The Bertz CT molecular complexity index is 617. The topological polar surface area (TPSA) is 43.9 Å². The molecule has 2 saturated heterocycles. The van der Waals surface area contributed by atoms with E-state index in [9.17, 15) is 14.0 Å². The van der Waals surface area contributed by atoms with Gasteiger partial charge in [-0.05, 0) is 30.5 Å². The van der Waals surface area contributed by atoms with Crippen LogP contribution in [0.5, 0.6) is 0 Å². The van der Waals surface area contributed by atoms with Gasteiger partial charge in [-0.2, -0.15) is 0 Å². The van der Waals surface area contributed by atoms with Crippen molar-refractivity contribution in [2.75, 3.05) is 27.2 Å². The molecule has 6 heteroatoms. The van der Waals surface area contributed by atoms with Gasteiger partial charge in [0.05, 0.1) is 0 Å². The first-order chi connectivity index (χ1) is 11.5.